The van der Waals surface area contributed by atoms with Crippen molar-refractivity contribution >= 4 is 17.6 Å². The fourth-order valence-corrected chi connectivity index (χ4v) is 5.59. The van der Waals surface area contributed by atoms with Crippen molar-refractivity contribution in [3.63, 3.8) is 0 Å². The molecule has 0 bridgehead atoms. The van der Waals surface area contributed by atoms with Crippen LogP contribution in [0.5, 0.6) is 5.75 Å². The lowest BCUT2D eigenvalue weighted by atomic mass is 9.96. The number of hydrogen-bond donors (Lipinski definition) is 3. The Balaban J connectivity index is 1.53. The van der Waals surface area contributed by atoms with E-state index in [0.717, 1.165) is 37.8 Å². The fourth-order valence-electron chi connectivity index (χ4n) is 5.59. The normalized spacial score (nSPS) is 21.3. The summed E-state index contributed by atoms with van der Waals surface area (Å²) in [6.45, 7) is 5.82. The van der Waals surface area contributed by atoms with Crippen molar-refractivity contribution in [2.75, 3.05) is 32.1 Å². The molecule has 1 saturated carbocycles. The van der Waals surface area contributed by atoms with Gasteiger partial charge in [0.1, 0.15) is 11.9 Å². The summed E-state index contributed by atoms with van der Waals surface area (Å²) in [7, 11) is 2.08. The number of amides is 3. The Labute approximate surface area is 232 Å². The maximum atomic E-state index is 13.4. The van der Waals surface area contributed by atoms with E-state index in [-0.39, 0.29) is 49.1 Å². The minimum Gasteiger partial charge on any atom is -0.488 e. The molecule has 0 aromatic heterocycles. The molecule has 1 aliphatic heterocycles. The number of benzene rings is 2. The van der Waals surface area contributed by atoms with Gasteiger partial charge in [0.25, 0.3) is 0 Å². The molecule has 4 rings (SSSR count). The van der Waals surface area contributed by atoms with Crippen molar-refractivity contribution in [1.82, 2.24) is 15.1 Å². The number of anilines is 1. The van der Waals surface area contributed by atoms with Gasteiger partial charge in [-0.2, -0.15) is 0 Å². The average molecular weight is 537 g/mol. The van der Waals surface area contributed by atoms with Gasteiger partial charge in [-0.05, 0) is 50.6 Å². The summed E-state index contributed by atoms with van der Waals surface area (Å²) in [5.74, 6) is 0.631. The molecule has 3 N–H and O–H groups in total. The molecule has 1 heterocycles. The van der Waals surface area contributed by atoms with E-state index in [4.69, 9.17) is 4.74 Å². The van der Waals surface area contributed by atoms with Gasteiger partial charge < -0.3 is 25.4 Å². The number of rotatable bonds is 8. The number of urea groups is 1. The number of nitrogens with one attached hydrogen (secondary N) is 2. The average Bonchev–Trinajstić information content (AvgIpc) is 2.97. The number of fused-ring (bicyclic) bond motifs is 1. The predicted octanol–water partition coefficient (Wildman–Crippen LogP) is 4.42. The Bertz CT molecular complexity index is 1090. The number of ether oxygens (including phenoxy) is 1. The van der Waals surface area contributed by atoms with Gasteiger partial charge in [0.2, 0.25) is 5.91 Å². The number of aliphatic hydroxyl groups is 1. The summed E-state index contributed by atoms with van der Waals surface area (Å²) in [6, 6.07) is 15.6. The van der Waals surface area contributed by atoms with Crippen molar-refractivity contribution in [3.05, 3.63) is 59.7 Å². The highest BCUT2D eigenvalue weighted by molar-refractivity contribution is 5.90. The molecule has 8 heteroatoms. The first kappa shape index (κ1) is 28.9. The molecule has 2 aromatic rings. The molecule has 1 aliphatic carbocycles. The number of aliphatic hydroxyl groups excluding tert-OH is 1. The lowest BCUT2D eigenvalue weighted by Gasteiger charge is -2.34. The Morgan fingerprint density at radius 2 is 1.90 bits per heavy atom. The van der Waals surface area contributed by atoms with Crippen LogP contribution in [0.4, 0.5) is 10.5 Å². The SMILES string of the molecule is C[C@@H]1CN([C@H](C)CO)C(=O)Cc2cc(NC(=O)NC3CCCCC3)ccc2O[C@@H]1CN(C)Cc1ccccc1. The molecule has 1 fully saturated rings. The van der Waals surface area contributed by atoms with Crippen LogP contribution in [0.1, 0.15) is 57.1 Å². The minimum absolute atomic E-state index is 0.0335. The van der Waals surface area contributed by atoms with Gasteiger partial charge in [0, 0.05) is 42.8 Å². The van der Waals surface area contributed by atoms with Crippen molar-refractivity contribution in [2.45, 2.75) is 77.1 Å². The van der Waals surface area contributed by atoms with Crippen molar-refractivity contribution < 1.29 is 19.4 Å². The van der Waals surface area contributed by atoms with E-state index in [2.05, 4.69) is 41.6 Å². The van der Waals surface area contributed by atoms with Crippen molar-refractivity contribution in [3.8, 4) is 5.75 Å². The second-order valence-electron chi connectivity index (χ2n) is 11.3. The molecule has 0 unspecified atom stereocenters. The third kappa shape index (κ3) is 8.19. The van der Waals surface area contributed by atoms with Gasteiger partial charge in [-0.15, -0.1) is 0 Å². The quantitative estimate of drug-likeness (QED) is 0.464. The fraction of sp³-hybridized carbons (Fsp3) is 0.548. The highest BCUT2D eigenvalue weighted by Crippen LogP contribution is 2.29. The first-order chi connectivity index (χ1) is 18.8. The van der Waals surface area contributed by atoms with Crippen LogP contribution in [0.15, 0.2) is 48.5 Å². The van der Waals surface area contributed by atoms with Crippen LogP contribution in [0, 0.1) is 5.92 Å². The molecular formula is C31H44N4O4. The number of carbonyl (C=O) groups excluding carboxylic acids is 2. The topological polar surface area (TPSA) is 94.1 Å². The second-order valence-corrected chi connectivity index (χ2v) is 11.3. The van der Waals surface area contributed by atoms with Crippen LogP contribution in [-0.2, 0) is 17.8 Å². The molecule has 2 aromatic carbocycles. The summed E-state index contributed by atoms with van der Waals surface area (Å²) >= 11 is 0. The number of likely N-dealkylation sites (N-methyl/N-ethyl adjacent to an activating group) is 1. The second kappa shape index (κ2) is 13.8. The lowest BCUT2D eigenvalue weighted by molar-refractivity contribution is -0.134. The molecular weight excluding hydrogens is 492 g/mol. The van der Waals surface area contributed by atoms with Crippen LogP contribution in [0.3, 0.4) is 0 Å². The Morgan fingerprint density at radius 3 is 2.62 bits per heavy atom. The van der Waals surface area contributed by atoms with Crippen LogP contribution in [0.2, 0.25) is 0 Å². The molecule has 3 atom stereocenters. The zero-order valence-electron chi connectivity index (χ0n) is 23.6. The van der Waals surface area contributed by atoms with Gasteiger partial charge in [0.05, 0.1) is 19.1 Å². The van der Waals surface area contributed by atoms with Crippen LogP contribution < -0.4 is 15.4 Å². The summed E-state index contributed by atoms with van der Waals surface area (Å²) in [6.07, 6.45) is 5.50. The van der Waals surface area contributed by atoms with E-state index < -0.39 is 0 Å². The molecule has 2 aliphatic rings. The van der Waals surface area contributed by atoms with Gasteiger partial charge in [-0.25, -0.2) is 4.79 Å². The highest BCUT2D eigenvalue weighted by atomic mass is 16.5. The summed E-state index contributed by atoms with van der Waals surface area (Å²) in [4.78, 5) is 30.1. The smallest absolute Gasteiger partial charge is 0.319 e. The number of hydrogen-bond acceptors (Lipinski definition) is 5. The standard InChI is InChI=1S/C31H44N4O4/c1-22-18-35(23(2)21-36)30(37)17-25-16-27(33-31(38)32-26-12-8-5-9-13-26)14-15-28(25)39-29(22)20-34(3)19-24-10-6-4-7-11-24/h4,6-7,10-11,14-16,22-23,26,29,36H,5,8-9,12-13,17-21H2,1-3H3,(H2,32,33,38)/t22-,23-,29-/m1/s1. The van der Waals surface area contributed by atoms with Crippen molar-refractivity contribution in [2.24, 2.45) is 5.92 Å². The maximum absolute atomic E-state index is 13.4. The Morgan fingerprint density at radius 1 is 1.15 bits per heavy atom. The van der Waals surface area contributed by atoms with Gasteiger partial charge in [-0.1, -0.05) is 56.5 Å². The third-order valence-electron chi connectivity index (χ3n) is 7.90. The van der Waals surface area contributed by atoms with E-state index in [9.17, 15) is 14.7 Å². The third-order valence-corrected chi connectivity index (χ3v) is 7.90. The molecule has 3 amide bonds. The van der Waals surface area contributed by atoms with Gasteiger partial charge >= 0.3 is 6.03 Å². The molecule has 212 valence electrons. The molecule has 0 radical (unpaired) electrons. The zero-order valence-corrected chi connectivity index (χ0v) is 23.6. The molecule has 0 saturated heterocycles. The first-order valence-corrected chi connectivity index (χ1v) is 14.3. The lowest BCUT2D eigenvalue weighted by Crippen LogP contribution is -2.47. The first-order valence-electron chi connectivity index (χ1n) is 14.3. The summed E-state index contributed by atoms with van der Waals surface area (Å²) < 4.78 is 6.62. The minimum atomic E-state index is -0.299. The largest absolute Gasteiger partial charge is 0.488 e. The van der Waals surface area contributed by atoms with E-state index in [1.165, 1.54) is 12.0 Å². The van der Waals surface area contributed by atoms with Crippen LogP contribution in [0.25, 0.3) is 0 Å². The molecule has 39 heavy (non-hydrogen) atoms. The Kier molecular flexibility index (Phi) is 10.2. The van der Waals surface area contributed by atoms with Gasteiger partial charge in [0.15, 0.2) is 0 Å². The monoisotopic (exact) mass is 536 g/mol. The van der Waals surface area contributed by atoms with E-state index in [1.807, 2.05) is 43.3 Å². The highest BCUT2D eigenvalue weighted by Gasteiger charge is 2.31. The predicted molar refractivity (Wildman–Crippen MR) is 154 cm³/mol. The Hall–Kier alpha value is -3.10. The zero-order chi connectivity index (χ0) is 27.8. The van der Waals surface area contributed by atoms with E-state index in [1.54, 1.807) is 4.90 Å². The summed E-state index contributed by atoms with van der Waals surface area (Å²) in [5, 5.41) is 15.9. The number of nitrogens with zero attached hydrogens (tertiary/aromatic N) is 2. The van der Waals surface area contributed by atoms with Crippen LogP contribution >= 0.6 is 0 Å². The number of carbonyl (C=O) groups is 2. The van der Waals surface area contributed by atoms with E-state index in [0.29, 0.717) is 24.5 Å². The summed E-state index contributed by atoms with van der Waals surface area (Å²) in [5.41, 5.74) is 2.59. The molecule has 8 nitrogen and oxygen atoms in total. The molecule has 0 spiro atoms. The van der Waals surface area contributed by atoms with E-state index >= 15 is 0 Å². The van der Waals surface area contributed by atoms with Crippen molar-refractivity contribution in [1.29, 1.82) is 0 Å². The van der Waals surface area contributed by atoms with Gasteiger partial charge in [-0.3, -0.25) is 9.69 Å². The van der Waals surface area contributed by atoms with Crippen LogP contribution in [-0.4, -0.2) is 71.8 Å². The maximum Gasteiger partial charge on any atom is 0.319 e.